The molecule has 0 spiro atoms. The third-order valence-corrected chi connectivity index (χ3v) is 7.86. The predicted molar refractivity (Wildman–Crippen MR) is 161 cm³/mol. The minimum atomic E-state index is 0.0589. The van der Waals surface area contributed by atoms with E-state index in [1.165, 1.54) is 27.8 Å². The van der Waals surface area contributed by atoms with E-state index in [1.54, 1.807) is 0 Å². The highest BCUT2D eigenvalue weighted by molar-refractivity contribution is 5.69. The van der Waals surface area contributed by atoms with Crippen LogP contribution in [0.15, 0.2) is 109 Å². The fourth-order valence-corrected chi connectivity index (χ4v) is 5.77. The van der Waals surface area contributed by atoms with Crippen LogP contribution in [0.5, 0.6) is 0 Å². The average Bonchev–Trinajstić information content (AvgIpc) is 3.43. The summed E-state index contributed by atoms with van der Waals surface area (Å²) < 4.78 is 0. The van der Waals surface area contributed by atoms with Crippen molar-refractivity contribution in [3.8, 4) is 22.6 Å². The van der Waals surface area contributed by atoms with E-state index in [1.807, 2.05) is 0 Å². The Morgan fingerprint density at radius 1 is 0.641 bits per heavy atom. The molecular formula is C35H36N4. The van der Waals surface area contributed by atoms with Gasteiger partial charge in [0.15, 0.2) is 0 Å². The Kier molecular flexibility index (Phi) is 7.40. The Bertz CT molecular complexity index is 1440. The number of imidazole rings is 1. The van der Waals surface area contributed by atoms with Crippen molar-refractivity contribution in [2.75, 3.05) is 26.2 Å². The summed E-state index contributed by atoms with van der Waals surface area (Å²) in [7, 11) is 0. The van der Waals surface area contributed by atoms with Crippen LogP contribution in [0.25, 0.3) is 22.6 Å². The first kappa shape index (κ1) is 25.3. The van der Waals surface area contributed by atoms with Crippen molar-refractivity contribution < 1.29 is 0 Å². The van der Waals surface area contributed by atoms with Crippen LogP contribution in [-0.4, -0.2) is 41.0 Å². The molecule has 1 saturated heterocycles. The van der Waals surface area contributed by atoms with Crippen LogP contribution in [0.3, 0.4) is 0 Å². The van der Waals surface area contributed by atoms with Crippen LogP contribution in [0.1, 0.15) is 39.9 Å². The Morgan fingerprint density at radius 3 is 1.69 bits per heavy atom. The Balaban J connectivity index is 1.59. The van der Waals surface area contributed by atoms with Crippen LogP contribution in [0.2, 0.25) is 0 Å². The van der Waals surface area contributed by atoms with Crippen molar-refractivity contribution >= 4 is 0 Å². The number of H-pyrrole nitrogens is 1. The highest BCUT2D eigenvalue weighted by atomic mass is 15.2. The molecule has 4 aromatic carbocycles. The van der Waals surface area contributed by atoms with Crippen molar-refractivity contribution in [1.82, 2.24) is 20.2 Å². The number of aryl methyl sites for hydroxylation is 2. The van der Waals surface area contributed by atoms with Gasteiger partial charge in [-0.1, -0.05) is 120 Å². The number of aromatic nitrogens is 2. The maximum atomic E-state index is 5.44. The molecule has 5 aromatic rings. The second-order valence-corrected chi connectivity index (χ2v) is 10.6. The first-order chi connectivity index (χ1) is 19.2. The highest BCUT2D eigenvalue weighted by Gasteiger charge is 2.36. The van der Waals surface area contributed by atoms with Crippen molar-refractivity contribution in [3.05, 3.63) is 137 Å². The second kappa shape index (κ2) is 11.4. The van der Waals surface area contributed by atoms with Gasteiger partial charge < -0.3 is 10.3 Å². The number of nitrogens with one attached hydrogen (secondary N) is 2. The lowest BCUT2D eigenvalue weighted by molar-refractivity contribution is 0.157. The molecule has 2 N–H and O–H groups in total. The smallest absolute Gasteiger partial charge is 0.138 e. The molecule has 4 heteroatoms. The number of hydrogen-bond acceptors (Lipinski definition) is 3. The Morgan fingerprint density at radius 2 is 1.15 bits per heavy atom. The fourth-order valence-electron chi connectivity index (χ4n) is 5.77. The maximum absolute atomic E-state index is 5.44. The van der Waals surface area contributed by atoms with E-state index in [4.69, 9.17) is 4.98 Å². The van der Waals surface area contributed by atoms with E-state index >= 15 is 0 Å². The van der Waals surface area contributed by atoms with Gasteiger partial charge in [0.2, 0.25) is 0 Å². The number of hydrogen-bond donors (Lipinski definition) is 2. The molecular weight excluding hydrogens is 476 g/mol. The van der Waals surface area contributed by atoms with Gasteiger partial charge in [-0.2, -0.15) is 0 Å². The SMILES string of the molecule is Cc1ccc(-c2nc(C(C(c3ccccc3)c3ccccc3)N3CCNCC3)c(-c3ccc(C)cc3)[nH]2)cc1. The largest absolute Gasteiger partial charge is 0.338 e. The predicted octanol–water partition coefficient (Wildman–Crippen LogP) is 7.14. The summed E-state index contributed by atoms with van der Waals surface area (Å²) in [5.41, 5.74) is 9.60. The molecule has 1 fully saturated rings. The molecule has 2 heterocycles. The van der Waals surface area contributed by atoms with Crippen molar-refractivity contribution in [2.24, 2.45) is 0 Å². The van der Waals surface area contributed by atoms with Gasteiger partial charge in [0.05, 0.1) is 17.4 Å². The van der Waals surface area contributed by atoms with Crippen LogP contribution >= 0.6 is 0 Å². The van der Waals surface area contributed by atoms with Crippen molar-refractivity contribution in [3.63, 3.8) is 0 Å². The van der Waals surface area contributed by atoms with E-state index in [0.29, 0.717) is 0 Å². The van der Waals surface area contributed by atoms with Gasteiger partial charge >= 0.3 is 0 Å². The topological polar surface area (TPSA) is 44.0 Å². The Hall–Kier alpha value is -3.99. The third kappa shape index (κ3) is 5.44. The summed E-state index contributed by atoms with van der Waals surface area (Å²) in [6, 6.07) is 39.5. The molecule has 0 bridgehead atoms. The zero-order chi connectivity index (χ0) is 26.6. The Labute approximate surface area is 231 Å². The molecule has 196 valence electrons. The lowest BCUT2D eigenvalue weighted by atomic mass is 9.81. The lowest BCUT2D eigenvalue weighted by Gasteiger charge is -2.39. The number of nitrogens with zero attached hydrogens (tertiary/aromatic N) is 2. The van der Waals surface area contributed by atoms with E-state index < -0.39 is 0 Å². The van der Waals surface area contributed by atoms with Gasteiger partial charge in [-0.25, -0.2) is 4.98 Å². The van der Waals surface area contributed by atoms with Crippen LogP contribution in [0, 0.1) is 13.8 Å². The fraction of sp³-hybridized carbons (Fsp3) is 0.229. The monoisotopic (exact) mass is 512 g/mol. The molecule has 1 unspecified atom stereocenters. The molecule has 0 saturated carbocycles. The summed E-state index contributed by atoms with van der Waals surface area (Å²) >= 11 is 0. The van der Waals surface area contributed by atoms with Gasteiger partial charge in [-0.3, -0.25) is 4.90 Å². The van der Waals surface area contributed by atoms with Crippen molar-refractivity contribution in [2.45, 2.75) is 25.8 Å². The molecule has 1 aliphatic rings. The number of rotatable bonds is 7. The van der Waals surface area contributed by atoms with Gasteiger partial charge in [0.25, 0.3) is 0 Å². The summed E-state index contributed by atoms with van der Waals surface area (Å²) in [5.74, 6) is 1.05. The van der Waals surface area contributed by atoms with Gasteiger partial charge in [0, 0.05) is 37.7 Å². The molecule has 1 aliphatic heterocycles. The summed E-state index contributed by atoms with van der Waals surface area (Å²) in [4.78, 5) is 11.8. The third-order valence-electron chi connectivity index (χ3n) is 7.86. The lowest BCUT2D eigenvalue weighted by Crippen LogP contribution is -2.47. The summed E-state index contributed by atoms with van der Waals surface area (Å²) in [5, 5.41) is 3.56. The molecule has 0 amide bonds. The average molecular weight is 513 g/mol. The molecule has 1 atom stereocenters. The summed E-state index contributed by atoms with van der Waals surface area (Å²) in [6.07, 6.45) is 0. The van der Waals surface area contributed by atoms with E-state index in [0.717, 1.165) is 49.0 Å². The highest BCUT2D eigenvalue weighted by Crippen LogP contribution is 2.44. The van der Waals surface area contributed by atoms with Gasteiger partial charge in [-0.15, -0.1) is 0 Å². The number of piperazine rings is 1. The maximum Gasteiger partial charge on any atom is 0.138 e. The molecule has 4 nitrogen and oxygen atoms in total. The number of benzene rings is 4. The molecule has 1 aromatic heterocycles. The van der Waals surface area contributed by atoms with Gasteiger partial charge in [-0.05, 0) is 30.5 Å². The second-order valence-electron chi connectivity index (χ2n) is 10.6. The first-order valence-corrected chi connectivity index (χ1v) is 14.0. The quantitative estimate of drug-likeness (QED) is 0.244. The van der Waals surface area contributed by atoms with Crippen LogP contribution in [-0.2, 0) is 0 Å². The molecule has 0 aliphatic carbocycles. The standard InChI is InChI=1S/C35H36N4/c1-25-13-17-29(18-14-25)32-33(38-35(37-32)30-19-15-26(2)16-20-30)34(39-23-21-36-22-24-39)31(27-9-5-3-6-10-27)28-11-7-4-8-12-28/h3-20,31,34,36H,21-24H2,1-2H3,(H,37,38). The summed E-state index contributed by atoms with van der Waals surface area (Å²) in [6.45, 7) is 8.16. The minimum absolute atomic E-state index is 0.0589. The van der Waals surface area contributed by atoms with E-state index in [-0.39, 0.29) is 12.0 Å². The van der Waals surface area contributed by atoms with Gasteiger partial charge in [0.1, 0.15) is 5.82 Å². The molecule has 39 heavy (non-hydrogen) atoms. The number of aromatic amines is 1. The molecule has 6 rings (SSSR count). The zero-order valence-electron chi connectivity index (χ0n) is 22.8. The zero-order valence-corrected chi connectivity index (χ0v) is 22.8. The van der Waals surface area contributed by atoms with Crippen LogP contribution in [0.4, 0.5) is 0 Å². The van der Waals surface area contributed by atoms with Crippen LogP contribution < -0.4 is 5.32 Å². The van der Waals surface area contributed by atoms with E-state index in [9.17, 15) is 0 Å². The van der Waals surface area contributed by atoms with E-state index in [2.05, 4.69) is 138 Å². The van der Waals surface area contributed by atoms with Crippen molar-refractivity contribution in [1.29, 1.82) is 0 Å². The first-order valence-electron chi connectivity index (χ1n) is 14.0. The molecule has 0 radical (unpaired) electrons. The minimum Gasteiger partial charge on any atom is -0.338 e. The normalized spacial score (nSPS) is 14.9.